The number of fused-ring (bicyclic) bond motifs is 15. The maximum Gasteiger partial charge on any atom is 0.0620 e. The normalized spacial score (nSPS) is 12.0. The first kappa shape index (κ1) is 40.9. The zero-order valence-electron chi connectivity index (χ0n) is 39.5. The topological polar surface area (TPSA) is 96.1 Å². The van der Waals surface area contributed by atoms with Crippen LogP contribution in [0.3, 0.4) is 0 Å². The van der Waals surface area contributed by atoms with E-state index in [9.17, 15) is 0 Å². The molecule has 7 heteroatoms. The van der Waals surface area contributed by atoms with Gasteiger partial charge in [-0.05, 0) is 125 Å². The summed E-state index contributed by atoms with van der Waals surface area (Å²) in [4.78, 5) is 2.42. The highest BCUT2D eigenvalue weighted by atomic mass is 15.2. The lowest BCUT2D eigenvalue weighted by molar-refractivity contribution is 1.17. The number of hydrogen-bond acceptors (Lipinski definition) is 4. The van der Waals surface area contributed by atoms with Gasteiger partial charge in [0.05, 0.1) is 33.1 Å². The van der Waals surface area contributed by atoms with Gasteiger partial charge in [-0.15, -0.1) is 0 Å². The van der Waals surface area contributed by atoms with E-state index in [2.05, 4.69) is 237 Å². The summed E-state index contributed by atoms with van der Waals surface area (Å²) in [6, 6.07) is 84.9. The molecule has 12 aromatic carbocycles. The Bertz CT molecular complexity index is 4280. The van der Waals surface area contributed by atoms with Crippen molar-refractivity contribution >= 4 is 132 Å². The molecule has 15 rings (SSSR count). The Morgan fingerprint density at radius 1 is 0.247 bits per heavy atom. The molecule has 3 heterocycles. The minimum atomic E-state index is 0.733. The van der Waals surface area contributed by atoms with Crippen molar-refractivity contribution in [3.05, 3.63) is 237 Å². The Morgan fingerprint density at radius 3 is 0.822 bits per heavy atom. The van der Waals surface area contributed by atoms with Crippen LogP contribution in [-0.2, 0) is 0 Å². The lowest BCUT2D eigenvalue weighted by atomic mass is 10.0. The van der Waals surface area contributed by atoms with Crippen molar-refractivity contribution in [1.29, 1.82) is 0 Å². The fourth-order valence-electron chi connectivity index (χ4n) is 11.9. The summed E-state index contributed by atoms with van der Waals surface area (Å²) in [6.07, 6.45) is 0. The molecule has 0 bridgehead atoms. The highest BCUT2D eigenvalue weighted by Gasteiger charge is 2.24. The van der Waals surface area contributed by atoms with Gasteiger partial charge in [-0.3, -0.25) is 0 Å². The van der Waals surface area contributed by atoms with E-state index in [0.717, 1.165) is 133 Å². The van der Waals surface area contributed by atoms with E-state index in [1.807, 2.05) is 18.2 Å². The Morgan fingerprint density at radius 2 is 0.521 bits per heavy atom. The molecule has 0 atom stereocenters. The molecule has 6 N–H and O–H groups in total. The number of benzene rings is 12. The van der Waals surface area contributed by atoms with Crippen molar-refractivity contribution in [2.24, 2.45) is 0 Å². The molecule has 7 nitrogen and oxygen atoms in total. The minimum absolute atomic E-state index is 0.733. The Labute approximate surface area is 419 Å². The second-order valence-electron chi connectivity index (χ2n) is 19.3. The monoisotopic (exact) mass is 935 g/mol. The number of hydrogen-bond donors (Lipinski definition) is 3. The molecular weight excluding hydrogens is 891 g/mol. The summed E-state index contributed by atoms with van der Waals surface area (Å²) in [5.74, 6) is 0. The zero-order valence-corrected chi connectivity index (χ0v) is 39.5. The molecule has 0 saturated carbocycles. The Hall–Kier alpha value is -9.98. The van der Waals surface area contributed by atoms with Crippen molar-refractivity contribution in [3.8, 4) is 17.1 Å². The van der Waals surface area contributed by atoms with Crippen LogP contribution in [0.1, 0.15) is 0 Å². The van der Waals surface area contributed by atoms with Gasteiger partial charge in [0.15, 0.2) is 0 Å². The van der Waals surface area contributed by atoms with Crippen molar-refractivity contribution < 1.29 is 0 Å². The van der Waals surface area contributed by atoms with Gasteiger partial charge >= 0.3 is 0 Å². The van der Waals surface area contributed by atoms with Gasteiger partial charge in [0.2, 0.25) is 0 Å². The highest BCUT2D eigenvalue weighted by Crippen LogP contribution is 2.46. The summed E-state index contributed by atoms with van der Waals surface area (Å²) < 4.78 is 7.23. The van der Waals surface area contributed by atoms with Crippen LogP contribution in [0.2, 0.25) is 0 Å². The largest absolute Gasteiger partial charge is 0.399 e. The molecule has 0 amide bonds. The van der Waals surface area contributed by atoms with Crippen LogP contribution in [0, 0.1) is 0 Å². The smallest absolute Gasteiger partial charge is 0.0620 e. The fourth-order valence-corrected chi connectivity index (χ4v) is 11.9. The van der Waals surface area contributed by atoms with E-state index in [1.165, 1.54) is 16.2 Å². The van der Waals surface area contributed by atoms with Gasteiger partial charge in [-0.25, -0.2) is 0 Å². The summed E-state index contributed by atoms with van der Waals surface area (Å²) in [5, 5.41) is 13.7. The number of nitrogen functional groups attached to an aromatic ring is 3. The maximum atomic E-state index is 6.55. The van der Waals surface area contributed by atoms with E-state index in [0.29, 0.717) is 0 Å². The van der Waals surface area contributed by atoms with Crippen molar-refractivity contribution in [3.63, 3.8) is 0 Å². The average molecular weight is 936 g/mol. The predicted molar refractivity (Wildman–Crippen MR) is 310 cm³/mol. The standard InChI is InChI=1S/C66H45N7/c67-43-22-16-40-19-28-55-52-31-25-49(37-61(52)71(64(55)58(40)34-43)46-10-4-1-5-11-46)70(50-26-32-53-56-29-20-41-17-23-44(68)35-59(41)65(56)72(62(53)38-50)47-12-6-2-7-13-47)51-27-33-54-57-30-21-42-18-24-45(69)36-60(42)66(57)73(63(54)39-51)48-14-8-3-9-15-48/h1-39H,67-69H2. The summed E-state index contributed by atoms with van der Waals surface area (Å²) >= 11 is 0. The van der Waals surface area contributed by atoms with E-state index >= 15 is 0 Å². The molecule has 15 aromatic rings. The second-order valence-corrected chi connectivity index (χ2v) is 19.3. The molecule has 0 fully saturated rings. The van der Waals surface area contributed by atoms with E-state index in [1.54, 1.807) is 0 Å². The van der Waals surface area contributed by atoms with Crippen molar-refractivity contribution in [1.82, 2.24) is 13.7 Å². The third-order valence-electron chi connectivity index (χ3n) is 15.1. The number of aromatic nitrogens is 3. The number of para-hydroxylation sites is 3. The first-order valence-corrected chi connectivity index (χ1v) is 24.7. The minimum Gasteiger partial charge on any atom is -0.399 e. The SMILES string of the molecule is Nc1ccc2ccc3c4ccc(N(c5ccc6c7ccc8ccc(N)cc8c7n(-c7ccccc7)c6c5)c5ccc6c7ccc8ccc(N)cc8c7n(-c7ccccc7)c6c5)cc4n(-c4ccccc4)c3c2c1. The van der Waals surface area contributed by atoms with Crippen molar-refractivity contribution in [2.75, 3.05) is 22.1 Å². The molecule has 0 aliphatic heterocycles. The zero-order chi connectivity index (χ0) is 48.5. The number of nitrogens with two attached hydrogens (primary N) is 3. The molecule has 0 saturated heterocycles. The maximum absolute atomic E-state index is 6.55. The van der Waals surface area contributed by atoms with Crippen molar-refractivity contribution in [2.45, 2.75) is 0 Å². The Kier molecular flexibility index (Phi) is 8.68. The van der Waals surface area contributed by atoms with Gasteiger partial charge in [0.1, 0.15) is 0 Å². The van der Waals surface area contributed by atoms with E-state index in [-0.39, 0.29) is 0 Å². The van der Waals surface area contributed by atoms with Crippen LogP contribution < -0.4 is 22.1 Å². The van der Waals surface area contributed by atoms with Gasteiger partial charge < -0.3 is 35.8 Å². The molecule has 0 unspecified atom stereocenters. The molecule has 0 spiro atoms. The van der Waals surface area contributed by atoms with Gasteiger partial charge in [0.25, 0.3) is 0 Å². The lowest BCUT2D eigenvalue weighted by Gasteiger charge is -2.26. The fraction of sp³-hybridized carbons (Fsp3) is 0. The van der Waals surface area contributed by atoms with Crippen LogP contribution in [0.25, 0.3) is 115 Å². The molecule has 3 aromatic heterocycles. The summed E-state index contributed by atoms with van der Waals surface area (Å²) in [5.41, 5.74) is 34.7. The Balaban J connectivity index is 1.06. The lowest BCUT2D eigenvalue weighted by Crippen LogP contribution is -2.10. The van der Waals surface area contributed by atoms with Crippen LogP contribution >= 0.6 is 0 Å². The van der Waals surface area contributed by atoms with Gasteiger partial charge in [-0.1, -0.05) is 127 Å². The first-order chi connectivity index (χ1) is 35.9. The predicted octanol–water partition coefficient (Wildman–Crippen LogP) is 16.7. The first-order valence-electron chi connectivity index (χ1n) is 24.7. The molecule has 344 valence electrons. The molecule has 0 aliphatic rings. The quantitative estimate of drug-likeness (QED) is 0.145. The van der Waals surface area contributed by atoms with Crippen LogP contribution in [0.4, 0.5) is 34.1 Å². The highest BCUT2D eigenvalue weighted by molar-refractivity contribution is 6.22. The summed E-state index contributed by atoms with van der Waals surface area (Å²) in [7, 11) is 0. The number of nitrogens with zero attached hydrogens (tertiary/aromatic N) is 4. The van der Waals surface area contributed by atoms with E-state index < -0.39 is 0 Å². The van der Waals surface area contributed by atoms with Crippen LogP contribution in [0.15, 0.2) is 237 Å². The third-order valence-corrected chi connectivity index (χ3v) is 15.1. The average Bonchev–Trinajstić information content (AvgIpc) is 4.07. The third kappa shape index (κ3) is 6.12. The van der Waals surface area contributed by atoms with Gasteiger partial charge in [-0.2, -0.15) is 0 Å². The van der Waals surface area contributed by atoms with Crippen LogP contribution in [-0.4, -0.2) is 13.7 Å². The number of rotatable bonds is 6. The molecular formula is C66H45N7. The molecule has 73 heavy (non-hydrogen) atoms. The number of anilines is 6. The summed E-state index contributed by atoms with van der Waals surface area (Å²) in [6.45, 7) is 0. The van der Waals surface area contributed by atoms with E-state index in [4.69, 9.17) is 17.2 Å². The molecule has 0 aliphatic carbocycles. The molecule has 0 radical (unpaired) electrons. The van der Waals surface area contributed by atoms with Crippen LogP contribution in [0.5, 0.6) is 0 Å². The van der Waals surface area contributed by atoms with Gasteiger partial charge in [0, 0.05) is 99.7 Å². The second kappa shape index (κ2) is 15.5.